The van der Waals surface area contributed by atoms with Gasteiger partial charge < -0.3 is 10.2 Å². The first kappa shape index (κ1) is 15.7. The monoisotopic (exact) mass is 294 g/mol. The number of hydrogen-bond acceptors (Lipinski definition) is 2. The van der Waals surface area contributed by atoms with Gasteiger partial charge in [0.25, 0.3) is 0 Å². The van der Waals surface area contributed by atoms with Gasteiger partial charge in [-0.25, -0.2) is 0 Å². The molecule has 1 aliphatic carbocycles. The lowest BCUT2D eigenvalue weighted by Gasteiger charge is -2.27. The summed E-state index contributed by atoms with van der Waals surface area (Å²) in [6.45, 7) is 9.83. The molecule has 0 heterocycles. The fourth-order valence-electron chi connectivity index (χ4n) is 2.51. The van der Waals surface area contributed by atoms with E-state index in [1.807, 2.05) is 6.07 Å². The zero-order valence-corrected chi connectivity index (χ0v) is 13.7. The molecule has 0 aliphatic heterocycles. The summed E-state index contributed by atoms with van der Waals surface area (Å²) in [5, 5.41) is 4.34. The van der Waals surface area contributed by atoms with Crippen LogP contribution < -0.4 is 10.2 Å². The molecular weight excluding hydrogens is 268 g/mol. The Kier molecular flexibility index (Phi) is 5.74. The second-order valence-electron chi connectivity index (χ2n) is 6.20. The highest BCUT2D eigenvalue weighted by atomic mass is 35.5. The van der Waals surface area contributed by atoms with Gasteiger partial charge in [-0.15, -0.1) is 0 Å². The van der Waals surface area contributed by atoms with E-state index < -0.39 is 0 Å². The molecule has 0 unspecified atom stereocenters. The van der Waals surface area contributed by atoms with Crippen molar-refractivity contribution in [1.29, 1.82) is 0 Å². The number of hydrogen-bond donors (Lipinski definition) is 1. The van der Waals surface area contributed by atoms with E-state index in [-0.39, 0.29) is 0 Å². The zero-order valence-electron chi connectivity index (χ0n) is 13.0. The van der Waals surface area contributed by atoms with E-state index in [0.29, 0.717) is 6.04 Å². The maximum Gasteiger partial charge on any atom is 0.0412 e. The van der Waals surface area contributed by atoms with Crippen LogP contribution in [0.25, 0.3) is 0 Å². The Morgan fingerprint density at radius 1 is 1.35 bits per heavy atom. The molecule has 3 heteroatoms. The molecule has 0 atom stereocenters. The highest BCUT2D eigenvalue weighted by Crippen LogP contribution is 2.33. The minimum Gasteiger partial charge on any atom is -0.371 e. The maximum absolute atomic E-state index is 6.19. The molecule has 1 aliphatic rings. The number of anilines is 1. The van der Waals surface area contributed by atoms with E-state index in [2.05, 4.69) is 43.1 Å². The first-order chi connectivity index (χ1) is 9.60. The summed E-state index contributed by atoms with van der Waals surface area (Å²) < 4.78 is 0. The summed E-state index contributed by atoms with van der Waals surface area (Å²) in [6, 6.07) is 6.81. The molecule has 0 spiro atoms. The number of halogens is 1. The molecule has 0 bridgehead atoms. The van der Waals surface area contributed by atoms with Gasteiger partial charge in [0, 0.05) is 36.4 Å². The van der Waals surface area contributed by atoms with Crippen molar-refractivity contribution in [2.24, 2.45) is 5.92 Å². The van der Waals surface area contributed by atoms with Crippen LogP contribution >= 0.6 is 11.6 Å². The van der Waals surface area contributed by atoms with Crippen molar-refractivity contribution < 1.29 is 0 Å². The normalized spacial score (nSPS) is 14.8. The summed E-state index contributed by atoms with van der Waals surface area (Å²) in [7, 11) is 0. The number of nitrogens with zero attached hydrogens (tertiary/aromatic N) is 1. The van der Waals surface area contributed by atoms with Gasteiger partial charge in [-0.2, -0.15) is 0 Å². The highest BCUT2D eigenvalue weighted by molar-refractivity contribution is 6.30. The average molecular weight is 295 g/mol. The van der Waals surface area contributed by atoms with Crippen LogP contribution in [0.3, 0.4) is 0 Å². The van der Waals surface area contributed by atoms with Crippen molar-refractivity contribution in [1.82, 2.24) is 5.32 Å². The van der Waals surface area contributed by atoms with Crippen LogP contribution in [-0.2, 0) is 6.54 Å². The van der Waals surface area contributed by atoms with Crippen molar-refractivity contribution in [3.05, 3.63) is 28.8 Å². The Hall–Kier alpha value is -0.730. The van der Waals surface area contributed by atoms with Crippen molar-refractivity contribution in [3.63, 3.8) is 0 Å². The van der Waals surface area contributed by atoms with Crippen LogP contribution in [0.4, 0.5) is 5.69 Å². The van der Waals surface area contributed by atoms with Crippen LogP contribution in [0.5, 0.6) is 0 Å². The predicted molar refractivity (Wildman–Crippen MR) is 88.7 cm³/mol. The molecule has 2 nitrogen and oxygen atoms in total. The molecule has 2 rings (SSSR count). The highest BCUT2D eigenvalue weighted by Gasteiger charge is 2.25. The quantitative estimate of drug-likeness (QED) is 0.761. The predicted octanol–water partition coefficient (Wildman–Crippen LogP) is 4.46. The first-order valence-corrected chi connectivity index (χ1v) is 8.24. The molecular formula is C17H27ClN2. The lowest BCUT2D eigenvalue weighted by Crippen LogP contribution is -2.29. The standard InChI is InChI=1S/C17H27ClN2/c1-4-9-20(12-14-5-6-14)17-8-7-16(18)10-15(17)11-19-13(2)3/h7-8,10,13-14,19H,4-6,9,11-12H2,1-3H3. The zero-order chi connectivity index (χ0) is 14.5. The molecule has 1 aromatic carbocycles. The Morgan fingerprint density at radius 3 is 2.70 bits per heavy atom. The van der Waals surface area contributed by atoms with Gasteiger partial charge in [-0.3, -0.25) is 0 Å². The van der Waals surface area contributed by atoms with Crippen molar-refractivity contribution >= 4 is 17.3 Å². The fraction of sp³-hybridized carbons (Fsp3) is 0.647. The lowest BCUT2D eigenvalue weighted by molar-refractivity contribution is 0.586. The third-order valence-electron chi connectivity index (χ3n) is 3.75. The largest absolute Gasteiger partial charge is 0.371 e. The molecule has 0 amide bonds. The molecule has 1 N–H and O–H groups in total. The van der Waals surface area contributed by atoms with Crippen molar-refractivity contribution in [3.8, 4) is 0 Å². The van der Waals surface area contributed by atoms with E-state index in [0.717, 1.165) is 24.0 Å². The van der Waals surface area contributed by atoms with E-state index >= 15 is 0 Å². The van der Waals surface area contributed by atoms with Crippen LogP contribution in [0.2, 0.25) is 5.02 Å². The third-order valence-corrected chi connectivity index (χ3v) is 3.99. The van der Waals surface area contributed by atoms with Crippen molar-refractivity contribution in [2.75, 3.05) is 18.0 Å². The molecule has 1 saturated carbocycles. The SMILES string of the molecule is CCCN(CC1CC1)c1ccc(Cl)cc1CNC(C)C. The van der Waals surface area contributed by atoms with Gasteiger partial charge >= 0.3 is 0 Å². The number of benzene rings is 1. The van der Waals surface area contributed by atoms with E-state index in [1.165, 1.54) is 37.1 Å². The number of rotatable bonds is 8. The lowest BCUT2D eigenvalue weighted by atomic mass is 10.1. The second kappa shape index (κ2) is 7.33. The van der Waals surface area contributed by atoms with Gasteiger partial charge in [-0.1, -0.05) is 32.4 Å². The van der Waals surface area contributed by atoms with E-state index in [1.54, 1.807) is 0 Å². The van der Waals surface area contributed by atoms with Crippen LogP contribution in [0.1, 0.15) is 45.6 Å². The Bertz CT molecular complexity index is 427. The van der Waals surface area contributed by atoms with Crippen LogP contribution in [0, 0.1) is 5.92 Å². The van der Waals surface area contributed by atoms with Crippen molar-refractivity contribution in [2.45, 2.75) is 52.6 Å². The minimum absolute atomic E-state index is 0.491. The summed E-state index contributed by atoms with van der Waals surface area (Å²) in [4.78, 5) is 2.55. The Morgan fingerprint density at radius 2 is 2.10 bits per heavy atom. The smallest absolute Gasteiger partial charge is 0.0412 e. The summed E-state index contributed by atoms with van der Waals surface area (Å²) in [5.41, 5.74) is 2.68. The molecule has 20 heavy (non-hydrogen) atoms. The topological polar surface area (TPSA) is 15.3 Å². The van der Waals surface area contributed by atoms with Crippen LogP contribution in [-0.4, -0.2) is 19.1 Å². The van der Waals surface area contributed by atoms with Gasteiger partial charge in [0.2, 0.25) is 0 Å². The Balaban J connectivity index is 2.16. The summed E-state index contributed by atoms with van der Waals surface area (Å²) >= 11 is 6.19. The minimum atomic E-state index is 0.491. The maximum atomic E-state index is 6.19. The van der Waals surface area contributed by atoms with Gasteiger partial charge in [0.05, 0.1) is 0 Å². The molecule has 1 aromatic rings. The first-order valence-electron chi connectivity index (χ1n) is 7.87. The second-order valence-corrected chi connectivity index (χ2v) is 6.63. The van der Waals surface area contributed by atoms with Gasteiger partial charge in [-0.05, 0) is 48.9 Å². The van der Waals surface area contributed by atoms with Gasteiger partial charge in [0.15, 0.2) is 0 Å². The summed E-state index contributed by atoms with van der Waals surface area (Å²) in [5.74, 6) is 0.906. The van der Waals surface area contributed by atoms with Gasteiger partial charge in [0.1, 0.15) is 0 Å². The molecule has 0 radical (unpaired) electrons. The van der Waals surface area contributed by atoms with Crippen LogP contribution in [0.15, 0.2) is 18.2 Å². The molecule has 1 fully saturated rings. The summed E-state index contributed by atoms with van der Waals surface area (Å²) in [6.07, 6.45) is 3.98. The average Bonchev–Trinajstić information content (AvgIpc) is 3.20. The van der Waals surface area contributed by atoms with E-state index in [9.17, 15) is 0 Å². The number of nitrogens with one attached hydrogen (secondary N) is 1. The van der Waals surface area contributed by atoms with E-state index in [4.69, 9.17) is 11.6 Å². The molecule has 112 valence electrons. The Labute approximate surface area is 128 Å². The molecule has 0 saturated heterocycles. The third kappa shape index (κ3) is 4.68. The molecule has 0 aromatic heterocycles. The fourth-order valence-corrected chi connectivity index (χ4v) is 2.71.